The van der Waals surface area contributed by atoms with Crippen LogP contribution in [-0.2, 0) is 0 Å². The van der Waals surface area contributed by atoms with Crippen molar-refractivity contribution in [2.75, 3.05) is 5.32 Å². The van der Waals surface area contributed by atoms with E-state index in [1.54, 1.807) is 0 Å². The minimum absolute atomic E-state index is 0.198. The second-order valence-electron chi connectivity index (χ2n) is 10.8. The fourth-order valence-electron chi connectivity index (χ4n) is 6.48. The lowest BCUT2D eigenvalue weighted by Crippen LogP contribution is -2.20. The summed E-state index contributed by atoms with van der Waals surface area (Å²) in [6.07, 6.45) is -0.198. The molecule has 0 radical (unpaired) electrons. The lowest BCUT2D eigenvalue weighted by molar-refractivity contribution is 0.826. The van der Waals surface area contributed by atoms with Crippen molar-refractivity contribution in [1.82, 2.24) is 4.57 Å². The summed E-state index contributed by atoms with van der Waals surface area (Å²) in [7, 11) is 0. The fraction of sp³-hybridized carbons (Fsp3) is 0.0263. The number of para-hydroxylation sites is 2. The molecule has 1 unspecified atom stereocenters. The zero-order chi connectivity index (χ0) is 27.6. The quantitative estimate of drug-likeness (QED) is 0.231. The van der Waals surface area contributed by atoms with Crippen molar-refractivity contribution in [3.8, 4) is 5.69 Å². The molecule has 1 atom stereocenters. The van der Waals surface area contributed by atoms with Crippen LogP contribution < -0.4 is 5.32 Å². The first-order valence-corrected chi connectivity index (χ1v) is 15.1. The van der Waals surface area contributed by atoms with Crippen LogP contribution in [0.2, 0.25) is 0 Å². The number of aliphatic imine (C=N–C) groups is 1. The van der Waals surface area contributed by atoms with E-state index >= 15 is 0 Å². The highest BCUT2D eigenvalue weighted by atomic mass is 32.1. The minimum atomic E-state index is -0.198. The monoisotopic (exact) mass is 555 g/mol. The molecule has 0 bridgehead atoms. The van der Waals surface area contributed by atoms with Crippen LogP contribution in [0.4, 0.5) is 5.69 Å². The maximum absolute atomic E-state index is 5.28. The summed E-state index contributed by atoms with van der Waals surface area (Å²) >= 11 is 1.87. The Morgan fingerprint density at radius 3 is 2.29 bits per heavy atom. The Bertz CT molecular complexity index is 2340. The van der Waals surface area contributed by atoms with Gasteiger partial charge < -0.3 is 9.88 Å². The largest absolute Gasteiger partial charge is 0.360 e. The van der Waals surface area contributed by atoms with E-state index < -0.39 is 0 Å². The lowest BCUT2D eigenvalue weighted by atomic mass is 9.97. The van der Waals surface area contributed by atoms with Gasteiger partial charge in [-0.15, -0.1) is 11.3 Å². The number of fused-ring (bicyclic) bond motifs is 7. The predicted molar refractivity (Wildman–Crippen MR) is 179 cm³/mol. The topological polar surface area (TPSA) is 29.3 Å². The molecule has 9 rings (SSSR count). The molecule has 0 aliphatic carbocycles. The molecule has 42 heavy (non-hydrogen) atoms. The van der Waals surface area contributed by atoms with Gasteiger partial charge in [-0.05, 0) is 48.0 Å². The van der Waals surface area contributed by atoms with Gasteiger partial charge in [0.2, 0.25) is 0 Å². The van der Waals surface area contributed by atoms with Crippen molar-refractivity contribution in [2.24, 2.45) is 4.99 Å². The Balaban J connectivity index is 1.25. The van der Waals surface area contributed by atoms with Crippen molar-refractivity contribution >= 4 is 64.7 Å². The minimum Gasteiger partial charge on any atom is -0.360 e. The van der Waals surface area contributed by atoms with Crippen LogP contribution >= 0.6 is 11.3 Å². The second kappa shape index (κ2) is 9.16. The molecule has 1 N–H and O–H groups in total. The van der Waals surface area contributed by atoms with Crippen molar-refractivity contribution in [3.05, 3.63) is 156 Å². The van der Waals surface area contributed by atoms with Crippen LogP contribution in [0.15, 0.2) is 145 Å². The summed E-state index contributed by atoms with van der Waals surface area (Å²) in [6.45, 7) is 0. The van der Waals surface area contributed by atoms with Gasteiger partial charge in [0.15, 0.2) is 0 Å². The Kier molecular flexibility index (Phi) is 5.13. The third-order valence-corrected chi connectivity index (χ3v) is 9.53. The first kappa shape index (κ1) is 23.5. The molecule has 4 heteroatoms. The number of rotatable bonds is 3. The van der Waals surface area contributed by atoms with E-state index in [-0.39, 0.29) is 6.17 Å². The summed E-state index contributed by atoms with van der Waals surface area (Å²) in [6, 6.07) is 50.0. The number of nitrogens with one attached hydrogen (secondary N) is 1. The molecule has 0 spiro atoms. The number of anilines is 1. The third-order valence-electron chi connectivity index (χ3n) is 8.40. The highest BCUT2D eigenvalue weighted by Crippen LogP contribution is 2.41. The highest BCUT2D eigenvalue weighted by Gasteiger charge is 2.23. The molecule has 3 nitrogen and oxygen atoms in total. The summed E-state index contributed by atoms with van der Waals surface area (Å²) < 4.78 is 5.07. The van der Waals surface area contributed by atoms with Gasteiger partial charge in [-0.2, -0.15) is 0 Å². The Morgan fingerprint density at radius 2 is 1.36 bits per heavy atom. The van der Waals surface area contributed by atoms with Crippen LogP contribution in [-0.4, -0.2) is 10.3 Å². The molecular weight excluding hydrogens is 531 g/mol. The lowest BCUT2D eigenvalue weighted by Gasteiger charge is -2.26. The molecule has 3 heterocycles. The Hall–Kier alpha value is -5.19. The van der Waals surface area contributed by atoms with Gasteiger partial charge in [0.05, 0.1) is 16.7 Å². The van der Waals surface area contributed by atoms with Crippen LogP contribution in [0, 0.1) is 0 Å². The van der Waals surface area contributed by atoms with E-state index in [9.17, 15) is 0 Å². The molecule has 8 aromatic rings. The smallest absolute Gasteiger partial charge is 0.145 e. The number of aromatic nitrogens is 1. The van der Waals surface area contributed by atoms with Gasteiger partial charge in [0, 0.05) is 53.4 Å². The molecule has 1 aliphatic rings. The molecule has 1 aliphatic heterocycles. The first-order valence-electron chi connectivity index (χ1n) is 14.3. The molecular formula is C38H25N3S. The zero-order valence-corrected chi connectivity index (χ0v) is 23.5. The predicted octanol–water partition coefficient (Wildman–Crippen LogP) is 10.1. The highest BCUT2D eigenvalue weighted by molar-refractivity contribution is 7.25. The number of benzene rings is 6. The van der Waals surface area contributed by atoms with Crippen molar-refractivity contribution < 1.29 is 0 Å². The third kappa shape index (κ3) is 3.55. The van der Waals surface area contributed by atoms with Crippen LogP contribution in [0.3, 0.4) is 0 Å². The molecule has 0 saturated heterocycles. The fourth-order valence-corrected chi connectivity index (χ4v) is 7.60. The average molecular weight is 556 g/mol. The SMILES string of the molecule is c1ccc(C2=NC(c3cccc(-n4c5ccccc5c5cc6sc7ccccc7c6cc54)c3)Nc3ccccc32)cc1. The van der Waals surface area contributed by atoms with E-state index in [1.807, 2.05) is 11.3 Å². The van der Waals surface area contributed by atoms with E-state index in [2.05, 4.69) is 149 Å². The zero-order valence-electron chi connectivity index (χ0n) is 22.7. The summed E-state index contributed by atoms with van der Waals surface area (Å²) in [4.78, 5) is 5.28. The van der Waals surface area contributed by atoms with E-state index in [1.165, 1.54) is 42.0 Å². The standard InChI is InChI=1S/C38H25N3S/c1-2-11-24(12-3-1)37-29-17-4-7-18-32(29)39-38(40-37)25-13-10-14-26(21-25)41-33-19-8-5-15-27(33)30-23-36-31(22-34(30)41)28-16-6-9-20-35(28)42-36/h1-23,38-39H. The average Bonchev–Trinajstić information content (AvgIpc) is 3.58. The normalized spacial score (nSPS) is 14.8. The van der Waals surface area contributed by atoms with Crippen LogP contribution in [0.5, 0.6) is 0 Å². The van der Waals surface area contributed by atoms with Gasteiger partial charge in [-0.1, -0.05) is 97.1 Å². The molecule has 0 saturated carbocycles. The van der Waals surface area contributed by atoms with E-state index in [0.29, 0.717) is 0 Å². The molecule has 6 aromatic carbocycles. The van der Waals surface area contributed by atoms with Crippen molar-refractivity contribution in [1.29, 1.82) is 0 Å². The molecule has 2 aromatic heterocycles. The molecule has 198 valence electrons. The Labute approximate surface area is 247 Å². The van der Waals surface area contributed by atoms with Crippen molar-refractivity contribution in [2.45, 2.75) is 6.17 Å². The van der Waals surface area contributed by atoms with Gasteiger partial charge in [-0.25, -0.2) is 0 Å². The Morgan fingerprint density at radius 1 is 0.571 bits per heavy atom. The maximum Gasteiger partial charge on any atom is 0.145 e. The summed E-state index contributed by atoms with van der Waals surface area (Å²) in [5, 5.41) is 8.89. The van der Waals surface area contributed by atoms with E-state index in [0.717, 1.165) is 33.8 Å². The number of hydrogen-bond acceptors (Lipinski definition) is 3. The van der Waals surface area contributed by atoms with Crippen molar-refractivity contribution in [3.63, 3.8) is 0 Å². The van der Waals surface area contributed by atoms with Gasteiger partial charge in [0.1, 0.15) is 6.17 Å². The van der Waals surface area contributed by atoms with Gasteiger partial charge in [-0.3, -0.25) is 4.99 Å². The van der Waals surface area contributed by atoms with Gasteiger partial charge >= 0.3 is 0 Å². The first-order chi connectivity index (χ1) is 20.8. The number of nitrogens with zero attached hydrogens (tertiary/aromatic N) is 2. The van der Waals surface area contributed by atoms with Crippen LogP contribution in [0.25, 0.3) is 47.7 Å². The summed E-state index contributed by atoms with van der Waals surface area (Å²) in [5.74, 6) is 0. The van der Waals surface area contributed by atoms with Crippen LogP contribution in [0.1, 0.15) is 22.9 Å². The summed E-state index contributed by atoms with van der Waals surface area (Å²) in [5.41, 5.74) is 9.07. The number of thiophene rings is 1. The maximum atomic E-state index is 5.28. The molecule has 0 amide bonds. The molecule has 0 fully saturated rings. The van der Waals surface area contributed by atoms with E-state index in [4.69, 9.17) is 4.99 Å². The second-order valence-corrected chi connectivity index (χ2v) is 11.9. The number of hydrogen-bond donors (Lipinski definition) is 1. The van der Waals surface area contributed by atoms with Gasteiger partial charge in [0.25, 0.3) is 0 Å².